The second-order valence-corrected chi connectivity index (χ2v) is 5.87. The number of Topliss-reactive ketones (excluding diaryl/α,β-unsaturated/α-hetero) is 3. The van der Waals surface area contributed by atoms with E-state index in [2.05, 4.69) is 0 Å². The summed E-state index contributed by atoms with van der Waals surface area (Å²) in [6, 6.07) is 0. The Morgan fingerprint density at radius 1 is 1.05 bits per heavy atom. The van der Waals surface area contributed by atoms with Crippen LogP contribution in [-0.2, 0) is 14.4 Å². The van der Waals surface area contributed by atoms with E-state index in [0.29, 0.717) is 25.7 Å². The Hall–Kier alpha value is -1.06. The van der Waals surface area contributed by atoms with Crippen molar-refractivity contribution < 1.29 is 18.8 Å². The maximum absolute atomic E-state index is 13.1. The molecule has 0 heterocycles. The summed E-state index contributed by atoms with van der Waals surface area (Å²) >= 11 is 0. The molecule has 106 valence electrons. The van der Waals surface area contributed by atoms with Gasteiger partial charge in [0.15, 0.2) is 17.3 Å². The first kappa shape index (κ1) is 14.4. The highest BCUT2D eigenvalue weighted by atomic mass is 19.1. The fraction of sp³-hybridized carbons (Fsp3) is 0.800. The molecule has 0 N–H and O–H groups in total. The molecule has 2 saturated carbocycles. The maximum atomic E-state index is 13.1. The van der Waals surface area contributed by atoms with E-state index in [-0.39, 0.29) is 35.6 Å². The third-order valence-corrected chi connectivity index (χ3v) is 4.61. The van der Waals surface area contributed by atoms with Gasteiger partial charge in [0.05, 0.1) is 0 Å². The highest BCUT2D eigenvalue weighted by Gasteiger charge is 2.42. The van der Waals surface area contributed by atoms with Gasteiger partial charge in [-0.3, -0.25) is 14.4 Å². The summed E-state index contributed by atoms with van der Waals surface area (Å²) in [5.74, 6) is -1.36. The maximum Gasteiger partial charge on any atom is 0.151 e. The molecule has 0 radical (unpaired) electrons. The molecule has 0 aromatic rings. The molecule has 0 saturated heterocycles. The summed E-state index contributed by atoms with van der Waals surface area (Å²) in [4.78, 5) is 35.6. The van der Waals surface area contributed by atoms with Crippen molar-refractivity contribution in [2.45, 2.75) is 58.0 Å². The minimum absolute atomic E-state index is 0.0356. The van der Waals surface area contributed by atoms with Gasteiger partial charge < -0.3 is 0 Å². The number of alkyl halides is 1. The lowest BCUT2D eigenvalue weighted by atomic mass is 9.69. The van der Waals surface area contributed by atoms with Gasteiger partial charge in [-0.1, -0.05) is 6.92 Å². The first-order chi connectivity index (χ1) is 9.02. The highest BCUT2D eigenvalue weighted by Crippen LogP contribution is 2.38. The Morgan fingerprint density at radius 2 is 1.58 bits per heavy atom. The minimum Gasteiger partial charge on any atom is -0.298 e. The molecule has 2 fully saturated rings. The molecule has 2 aliphatic carbocycles. The Kier molecular flexibility index (Phi) is 4.48. The van der Waals surface area contributed by atoms with Crippen LogP contribution in [0, 0.1) is 17.8 Å². The van der Waals surface area contributed by atoms with Gasteiger partial charge in [0.2, 0.25) is 0 Å². The van der Waals surface area contributed by atoms with Crippen LogP contribution < -0.4 is 0 Å². The second kappa shape index (κ2) is 5.93. The van der Waals surface area contributed by atoms with Crippen molar-refractivity contribution >= 4 is 17.3 Å². The zero-order valence-corrected chi connectivity index (χ0v) is 11.4. The Balaban J connectivity index is 1.99. The van der Waals surface area contributed by atoms with E-state index in [9.17, 15) is 18.8 Å². The van der Waals surface area contributed by atoms with Crippen LogP contribution in [0.5, 0.6) is 0 Å². The van der Waals surface area contributed by atoms with Crippen molar-refractivity contribution in [1.82, 2.24) is 0 Å². The molecule has 19 heavy (non-hydrogen) atoms. The summed E-state index contributed by atoms with van der Waals surface area (Å²) in [6.45, 7) is 1.68. The predicted octanol–water partition coefficient (Wildman–Crippen LogP) is 2.66. The van der Waals surface area contributed by atoms with Gasteiger partial charge in [0.25, 0.3) is 0 Å². The van der Waals surface area contributed by atoms with E-state index in [0.717, 1.165) is 12.8 Å². The largest absolute Gasteiger partial charge is 0.298 e. The minimum atomic E-state index is -1.00. The number of hydrogen-bond donors (Lipinski definition) is 0. The molecular formula is C15H21FO3. The number of halogens is 1. The van der Waals surface area contributed by atoms with Crippen LogP contribution in [0.4, 0.5) is 4.39 Å². The van der Waals surface area contributed by atoms with Crippen molar-refractivity contribution in [2.75, 3.05) is 0 Å². The molecule has 0 aliphatic heterocycles. The lowest BCUT2D eigenvalue weighted by Gasteiger charge is -2.34. The second-order valence-electron chi connectivity index (χ2n) is 5.87. The average Bonchev–Trinajstić information content (AvgIpc) is 2.38. The van der Waals surface area contributed by atoms with E-state index in [4.69, 9.17) is 0 Å². The van der Waals surface area contributed by atoms with Crippen LogP contribution in [0.15, 0.2) is 0 Å². The van der Waals surface area contributed by atoms with Crippen molar-refractivity contribution in [3.63, 3.8) is 0 Å². The topological polar surface area (TPSA) is 51.2 Å². The molecular weight excluding hydrogens is 247 g/mol. The monoisotopic (exact) mass is 268 g/mol. The quantitative estimate of drug-likeness (QED) is 0.739. The third kappa shape index (κ3) is 3.10. The fourth-order valence-electron chi connectivity index (χ4n) is 3.45. The van der Waals surface area contributed by atoms with Crippen LogP contribution in [-0.4, -0.2) is 23.5 Å². The van der Waals surface area contributed by atoms with Gasteiger partial charge in [-0.25, -0.2) is 4.39 Å². The summed E-state index contributed by atoms with van der Waals surface area (Å²) in [5.41, 5.74) is 0. The van der Waals surface area contributed by atoms with Gasteiger partial charge in [-0.15, -0.1) is 0 Å². The number of carbonyl (C=O) groups is 3. The Bertz CT molecular complexity index is 365. The van der Waals surface area contributed by atoms with Crippen molar-refractivity contribution in [1.29, 1.82) is 0 Å². The van der Waals surface area contributed by atoms with Crippen LogP contribution in [0.2, 0.25) is 0 Å². The summed E-state index contributed by atoms with van der Waals surface area (Å²) < 4.78 is 13.1. The van der Waals surface area contributed by atoms with Gasteiger partial charge in [-0.05, 0) is 37.5 Å². The molecule has 0 aromatic carbocycles. The molecule has 2 aliphatic rings. The van der Waals surface area contributed by atoms with E-state index in [1.165, 1.54) is 0 Å². The van der Waals surface area contributed by atoms with Gasteiger partial charge in [-0.2, -0.15) is 0 Å². The molecule has 0 atom stereocenters. The fourth-order valence-corrected chi connectivity index (χ4v) is 3.45. The summed E-state index contributed by atoms with van der Waals surface area (Å²) in [6.07, 6.45) is 2.77. The summed E-state index contributed by atoms with van der Waals surface area (Å²) in [7, 11) is 0. The van der Waals surface area contributed by atoms with E-state index in [1.807, 2.05) is 0 Å². The molecule has 0 amide bonds. The first-order valence-corrected chi connectivity index (χ1v) is 7.25. The third-order valence-electron chi connectivity index (χ3n) is 4.61. The molecule has 4 heteroatoms. The number of rotatable bonds is 3. The standard InChI is InChI=1S/C15H21FO3/c1-2-12(17)15-13(18)7-10(8-14(15)19)9-3-5-11(16)6-4-9/h9-11,15H,2-8H2,1H3. The van der Waals surface area contributed by atoms with Crippen LogP contribution in [0.3, 0.4) is 0 Å². The molecule has 0 spiro atoms. The van der Waals surface area contributed by atoms with E-state index in [1.54, 1.807) is 6.92 Å². The van der Waals surface area contributed by atoms with E-state index >= 15 is 0 Å². The first-order valence-electron chi connectivity index (χ1n) is 7.25. The zero-order valence-electron chi connectivity index (χ0n) is 11.4. The van der Waals surface area contributed by atoms with Crippen LogP contribution in [0.1, 0.15) is 51.9 Å². The van der Waals surface area contributed by atoms with E-state index < -0.39 is 12.1 Å². The molecule has 0 aromatic heterocycles. The molecule has 2 rings (SSSR count). The predicted molar refractivity (Wildman–Crippen MR) is 68.4 cm³/mol. The van der Waals surface area contributed by atoms with Crippen molar-refractivity contribution in [3.8, 4) is 0 Å². The molecule has 3 nitrogen and oxygen atoms in total. The van der Waals surface area contributed by atoms with Crippen molar-refractivity contribution in [3.05, 3.63) is 0 Å². The Morgan fingerprint density at radius 3 is 2.05 bits per heavy atom. The SMILES string of the molecule is CCC(=O)C1C(=O)CC(C2CCC(F)CC2)CC1=O. The van der Waals surface area contributed by atoms with Crippen LogP contribution in [0.25, 0.3) is 0 Å². The van der Waals surface area contributed by atoms with Gasteiger partial charge >= 0.3 is 0 Å². The number of carbonyl (C=O) groups excluding carboxylic acids is 3. The van der Waals surface area contributed by atoms with Gasteiger partial charge in [0, 0.05) is 19.3 Å². The smallest absolute Gasteiger partial charge is 0.151 e. The lowest BCUT2D eigenvalue weighted by molar-refractivity contribution is -0.144. The summed E-state index contributed by atoms with van der Waals surface area (Å²) in [5, 5.41) is 0. The Labute approximate surface area is 112 Å². The highest BCUT2D eigenvalue weighted by molar-refractivity contribution is 6.20. The molecule has 0 bridgehead atoms. The normalized spacial score (nSPS) is 36.3. The number of ketones is 3. The molecule has 0 unspecified atom stereocenters. The average molecular weight is 268 g/mol. The van der Waals surface area contributed by atoms with Crippen LogP contribution >= 0.6 is 0 Å². The zero-order chi connectivity index (χ0) is 14.0. The lowest BCUT2D eigenvalue weighted by Crippen LogP contribution is -2.41. The number of hydrogen-bond acceptors (Lipinski definition) is 3. The van der Waals surface area contributed by atoms with Crippen molar-refractivity contribution in [2.24, 2.45) is 17.8 Å². The van der Waals surface area contributed by atoms with Gasteiger partial charge in [0.1, 0.15) is 12.1 Å².